The first kappa shape index (κ1) is 43.0. The van der Waals surface area contributed by atoms with Crippen LogP contribution in [0.5, 0.6) is 0 Å². The van der Waals surface area contributed by atoms with Gasteiger partial charge >= 0.3 is 11.9 Å². The molecule has 290 valence electrons. The lowest BCUT2D eigenvalue weighted by molar-refractivity contribution is -0.327. The summed E-state index contributed by atoms with van der Waals surface area (Å²) in [5.41, 5.74) is 1.64. The molecule has 0 aromatic rings. The summed E-state index contributed by atoms with van der Waals surface area (Å²) in [4.78, 5) is 36.9. The fourth-order valence-corrected chi connectivity index (χ4v) is 8.63. The van der Waals surface area contributed by atoms with E-state index in [2.05, 4.69) is 13.0 Å². The zero-order valence-corrected chi connectivity index (χ0v) is 32.4. The van der Waals surface area contributed by atoms with Crippen molar-refractivity contribution in [1.82, 2.24) is 0 Å². The molecule has 0 aromatic carbocycles. The van der Waals surface area contributed by atoms with Crippen molar-refractivity contribution in [2.75, 3.05) is 6.61 Å². The Labute approximate surface area is 304 Å². The highest BCUT2D eigenvalue weighted by molar-refractivity contribution is 5.87. The number of rotatable bonds is 14. The summed E-state index contributed by atoms with van der Waals surface area (Å²) < 4.78 is 23.6. The molecule has 51 heavy (non-hydrogen) atoms. The number of Topliss-reactive ketones (excluding diaryl/α,β-unsaturated/α-hetero) is 1. The van der Waals surface area contributed by atoms with Gasteiger partial charge in [0.05, 0.1) is 12.7 Å². The van der Waals surface area contributed by atoms with Gasteiger partial charge in [-0.3, -0.25) is 14.4 Å². The smallest absolute Gasteiger partial charge is 0.303 e. The fraction of sp³-hybridized carbons (Fsp3) is 0.775. The number of allylic oxidation sites excluding steroid dienone is 4. The van der Waals surface area contributed by atoms with Crippen LogP contribution in [0.1, 0.15) is 121 Å². The Balaban J connectivity index is 1.73. The summed E-state index contributed by atoms with van der Waals surface area (Å²) in [6.07, 6.45) is 3.21. The molecule has 0 aromatic heterocycles. The van der Waals surface area contributed by atoms with Crippen molar-refractivity contribution < 1.29 is 53.8 Å². The third-order valence-corrected chi connectivity index (χ3v) is 11.8. The van der Waals surface area contributed by atoms with Crippen LogP contribution in [-0.2, 0) is 33.3 Å². The molecule has 0 radical (unpaired) electrons. The van der Waals surface area contributed by atoms with Gasteiger partial charge in [-0.25, -0.2) is 0 Å². The quantitative estimate of drug-likeness (QED) is 0.136. The molecule has 1 heterocycles. The molecule has 4 N–H and O–H groups in total. The normalized spacial score (nSPS) is 34.8. The van der Waals surface area contributed by atoms with Crippen molar-refractivity contribution in [2.45, 2.75) is 169 Å². The predicted octanol–water partition coefficient (Wildman–Crippen LogP) is 5.27. The van der Waals surface area contributed by atoms with Crippen LogP contribution < -0.4 is 0 Å². The molecule has 11 nitrogen and oxygen atoms in total. The van der Waals surface area contributed by atoms with Gasteiger partial charge in [0.15, 0.2) is 6.29 Å². The van der Waals surface area contributed by atoms with Gasteiger partial charge in [0.2, 0.25) is 0 Å². The van der Waals surface area contributed by atoms with Gasteiger partial charge in [0.1, 0.15) is 41.9 Å². The van der Waals surface area contributed by atoms with Crippen LogP contribution >= 0.6 is 0 Å². The number of hydrogen-bond donors (Lipinski definition) is 4. The Morgan fingerprint density at radius 2 is 1.61 bits per heavy atom. The van der Waals surface area contributed by atoms with Crippen LogP contribution in [0.3, 0.4) is 0 Å². The fourth-order valence-electron chi connectivity index (χ4n) is 8.63. The molecule has 1 saturated carbocycles. The van der Waals surface area contributed by atoms with E-state index in [1.54, 1.807) is 0 Å². The SMILES string of the molecule is CC(=O)OC(/C=C(\C)CCC1C(C)=CCC(=O)C1(C)C)C/C=C(\C)CC[C@@H]1C(C)(C)[C@H](O[C@@H]2O[C@H](CO)[C@H](O)[C@H](O)[C@H]2O)CC[C@@]1(C)OC(C)=O. The number of hydrogen-bond acceptors (Lipinski definition) is 11. The van der Waals surface area contributed by atoms with E-state index < -0.39 is 66.0 Å². The number of esters is 2. The molecular weight excluding hydrogens is 656 g/mol. The Morgan fingerprint density at radius 3 is 2.22 bits per heavy atom. The second-order valence-corrected chi connectivity index (χ2v) is 16.5. The van der Waals surface area contributed by atoms with Crippen LogP contribution in [-0.4, -0.2) is 93.3 Å². The molecule has 10 atom stereocenters. The van der Waals surface area contributed by atoms with E-state index in [1.807, 2.05) is 60.6 Å². The summed E-state index contributed by atoms with van der Waals surface area (Å²) >= 11 is 0. The number of carbonyl (C=O) groups is 3. The van der Waals surface area contributed by atoms with Crippen LogP contribution in [0.15, 0.2) is 34.9 Å². The standard InChI is InChI=1S/C40H64O11/c1-23(11-15-28(48-26(4)42)21-24(2)12-16-29-25(3)14-18-32(44)38(29,6)7)13-17-31-39(8,9)33(19-20-40(31,10)51-27(5)43)50-37-36(47)35(46)34(45)30(22-41)49-37/h11,14,21,28-31,33-37,41,45-47H,12-13,15-20,22H2,1-10H3/b23-11+,24-21+/t28?,29?,30-,31-,33-,34+,35+,36-,37+,40-/m1/s1. The lowest BCUT2D eigenvalue weighted by Gasteiger charge is -2.54. The summed E-state index contributed by atoms with van der Waals surface area (Å²) in [7, 11) is 0. The highest BCUT2D eigenvalue weighted by Crippen LogP contribution is 2.52. The third-order valence-electron chi connectivity index (χ3n) is 11.8. The molecule has 2 fully saturated rings. The van der Waals surface area contributed by atoms with Crippen LogP contribution in [0.25, 0.3) is 0 Å². The van der Waals surface area contributed by atoms with Gasteiger partial charge < -0.3 is 39.4 Å². The van der Waals surface area contributed by atoms with Crippen molar-refractivity contribution in [3.63, 3.8) is 0 Å². The first-order chi connectivity index (χ1) is 23.6. The topological polar surface area (TPSA) is 169 Å². The second kappa shape index (κ2) is 17.6. The molecule has 11 heteroatoms. The van der Waals surface area contributed by atoms with E-state index in [-0.39, 0.29) is 29.6 Å². The number of carbonyl (C=O) groups excluding carboxylic acids is 3. The zero-order chi connectivity index (χ0) is 38.5. The maximum absolute atomic E-state index is 12.6. The van der Waals surface area contributed by atoms with Crippen molar-refractivity contribution in [3.05, 3.63) is 34.9 Å². The van der Waals surface area contributed by atoms with Gasteiger partial charge in [0.25, 0.3) is 0 Å². The van der Waals surface area contributed by atoms with E-state index in [1.165, 1.54) is 19.4 Å². The Kier molecular flexibility index (Phi) is 14.8. The molecule has 0 amide bonds. The molecule has 3 aliphatic rings. The minimum Gasteiger partial charge on any atom is -0.459 e. The van der Waals surface area contributed by atoms with E-state index in [9.17, 15) is 34.8 Å². The molecule has 0 bridgehead atoms. The monoisotopic (exact) mass is 720 g/mol. The lowest BCUT2D eigenvalue weighted by atomic mass is 9.58. The van der Waals surface area contributed by atoms with Crippen molar-refractivity contribution >= 4 is 17.7 Å². The molecule has 2 aliphatic carbocycles. The van der Waals surface area contributed by atoms with E-state index in [4.69, 9.17) is 18.9 Å². The lowest BCUT2D eigenvalue weighted by Crippen LogP contribution is -2.62. The molecule has 0 spiro atoms. The first-order valence-electron chi connectivity index (χ1n) is 18.5. The Hall–Kier alpha value is -2.41. The van der Waals surface area contributed by atoms with Gasteiger partial charge in [0, 0.05) is 38.0 Å². The first-order valence-corrected chi connectivity index (χ1v) is 18.5. The largest absolute Gasteiger partial charge is 0.459 e. The minimum atomic E-state index is -1.55. The van der Waals surface area contributed by atoms with Gasteiger partial charge in [-0.1, -0.05) is 56.6 Å². The van der Waals surface area contributed by atoms with Crippen molar-refractivity contribution in [3.8, 4) is 0 Å². The van der Waals surface area contributed by atoms with Gasteiger partial charge in [-0.2, -0.15) is 0 Å². The molecule has 1 aliphatic heterocycles. The highest BCUT2D eigenvalue weighted by Gasteiger charge is 2.55. The minimum absolute atomic E-state index is 0.167. The van der Waals surface area contributed by atoms with Crippen LogP contribution in [0.4, 0.5) is 0 Å². The zero-order valence-electron chi connectivity index (χ0n) is 32.4. The number of aliphatic hydroxyl groups excluding tert-OH is 4. The number of ketones is 1. The highest BCUT2D eigenvalue weighted by atomic mass is 16.7. The second-order valence-electron chi connectivity index (χ2n) is 16.5. The van der Waals surface area contributed by atoms with E-state index in [0.29, 0.717) is 38.5 Å². The summed E-state index contributed by atoms with van der Waals surface area (Å²) in [6.45, 7) is 18.5. The number of aliphatic hydroxyl groups is 4. The molecular formula is C40H64O11. The van der Waals surface area contributed by atoms with E-state index >= 15 is 0 Å². The van der Waals surface area contributed by atoms with Crippen molar-refractivity contribution in [1.29, 1.82) is 0 Å². The average molecular weight is 721 g/mol. The summed E-state index contributed by atoms with van der Waals surface area (Å²) in [5, 5.41) is 40.9. The molecule has 1 saturated heterocycles. The summed E-state index contributed by atoms with van der Waals surface area (Å²) in [5.74, 6) is -0.490. The third kappa shape index (κ3) is 10.6. The Bertz CT molecular complexity index is 1330. The molecule has 3 rings (SSSR count). The Morgan fingerprint density at radius 1 is 0.961 bits per heavy atom. The van der Waals surface area contributed by atoms with Gasteiger partial charge in [-0.05, 0) is 83.6 Å². The van der Waals surface area contributed by atoms with E-state index in [0.717, 1.165) is 24.0 Å². The van der Waals surface area contributed by atoms with Crippen LogP contribution in [0.2, 0.25) is 0 Å². The molecule has 2 unspecified atom stereocenters. The summed E-state index contributed by atoms with van der Waals surface area (Å²) in [6, 6.07) is 0. The maximum Gasteiger partial charge on any atom is 0.303 e. The van der Waals surface area contributed by atoms with Gasteiger partial charge in [-0.15, -0.1) is 0 Å². The maximum atomic E-state index is 12.6. The average Bonchev–Trinajstić information content (AvgIpc) is 3.02. The van der Waals surface area contributed by atoms with Crippen molar-refractivity contribution in [2.24, 2.45) is 22.7 Å². The predicted molar refractivity (Wildman–Crippen MR) is 192 cm³/mol. The number of ether oxygens (including phenoxy) is 4. The van der Waals surface area contributed by atoms with Crippen LogP contribution in [0, 0.1) is 22.7 Å².